The summed E-state index contributed by atoms with van der Waals surface area (Å²) in [6.45, 7) is 4.15. The fraction of sp³-hybridized carbons (Fsp3) is 0.368. The number of pyridine rings is 1. The van der Waals surface area contributed by atoms with E-state index in [2.05, 4.69) is 25.6 Å². The summed E-state index contributed by atoms with van der Waals surface area (Å²) in [4.78, 5) is 18.4. The average molecular weight is 470 g/mol. The Bertz CT molecular complexity index is 964. The number of ether oxygens (including phenoxy) is 1. The highest BCUT2D eigenvalue weighted by molar-refractivity contribution is 9.10. The van der Waals surface area contributed by atoms with Crippen LogP contribution in [-0.2, 0) is 21.4 Å². The molecule has 1 aromatic heterocycles. The molecule has 1 heterocycles. The number of rotatable bonds is 8. The first-order chi connectivity index (χ1) is 13.2. The van der Waals surface area contributed by atoms with E-state index in [4.69, 9.17) is 4.74 Å². The first kappa shape index (κ1) is 22.3. The number of halogens is 1. The van der Waals surface area contributed by atoms with Gasteiger partial charge in [-0.2, -0.15) is 0 Å². The average Bonchev–Trinajstić information content (AvgIpc) is 2.64. The van der Waals surface area contributed by atoms with Gasteiger partial charge in [-0.25, -0.2) is 13.1 Å². The molecule has 9 heteroatoms. The third kappa shape index (κ3) is 5.52. The molecule has 1 N–H and O–H groups in total. The van der Waals surface area contributed by atoms with Crippen LogP contribution in [-0.4, -0.2) is 44.9 Å². The highest BCUT2D eigenvalue weighted by atomic mass is 79.9. The molecule has 0 spiro atoms. The standard InChI is InChI=1S/C19H24BrN3O4S/c1-13-11-21-17(14(2)19(13)27-4)12-23(3)18(24)8-9-22-28(25,26)16-7-5-6-15(20)10-16/h5-7,10-11,22H,8-9,12H2,1-4H3. The summed E-state index contributed by atoms with van der Waals surface area (Å²) in [6, 6.07) is 6.39. The van der Waals surface area contributed by atoms with E-state index in [9.17, 15) is 13.2 Å². The lowest BCUT2D eigenvalue weighted by molar-refractivity contribution is -0.130. The van der Waals surface area contributed by atoms with Gasteiger partial charge in [-0.15, -0.1) is 0 Å². The van der Waals surface area contributed by atoms with Crippen LogP contribution >= 0.6 is 15.9 Å². The van der Waals surface area contributed by atoms with Gasteiger partial charge in [0.2, 0.25) is 15.9 Å². The number of hydrogen-bond donors (Lipinski definition) is 1. The van der Waals surface area contributed by atoms with Crippen LogP contribution in [0.25, 0.3) is 0 Å². The van der Waals surface area contributed by atoms with Gasteiger partial charge >= 0.3 is 0 Å². The lowest BCUT2D eigenvalue weighted by Gasteiger charge is -2.19. The van der Waals surface area contributed by atoms with E-state index >= 15 is 0 Å². The molecule has 0 atom stereocenters. The molecule has 1 amide bonds. The molecular weight excluding hydrogens is 446 g/mol. The normalized spacial score (nSPS) is 11.3. The number of aryl methyl sites for hydroxylation is 1. The van der Waals surface area contributed by atoms with Crippen LogP contribution in [0.2, 0.25) is 0 Å². The minimum absolute atomic E-state index is 0.0155. The van der Waals surface area contributed by atoms with Crippen molar-refractivity contribution < 1.29 is 17.9 Å². The second-order valence-electron chi connectivity index (χ2n) is 6.40. The predicted molar refractivity (Wildman–Crippen MR) is 111 cm³/mol. The number of carbonyl (C=O) groups excluding carboxylic acids is 1. The summed E-state index contributed by atoms with van der Waals surface area (Å²) < 4.78 is 33.1. The molecule has 28 heavy (non-hydrogen) atoms. The molecular formula is C19H24BrN3O4S. The Hall–Kier alpha value is -1.97. The summed E-state index contributed by atoms with van der Waals surface area (Å²) in [7, 11) is -0.395. The molecule has 7 nitrogen and oxygen atoms in total. The number of aromatic nitrogens is 1. The molecule has 0 bridgehead atoms. The molecule has 0 unspecified atom stereocenters. The maximum Gasteiger partial charge on any atom is 0.240 e. The van der Waals surface area contributed by atoms with Gasteiger partial charge in [0.25, 0.3) is 0 Å². The van der Waals surface area contributed by atoms with Crippen molar-refractivity contribution in [3.63, 3.8) is 0 Å². The highest BCUT2D eigenvalue weighted by Gasteiger charge is 2.17. The summed E-state index contributed by atoms with van der Waals surface area (Å²) in [5.74, 6) is 0.574. The van der Waals surface area contributed by atoms with E-state index in [1.165, 1.54) is 17.0 Å². The number of sulfonamides is 1. The van der Waals surface area contributed by atoms with Crippen molar-refractivity contribution in [2.75, 3.05) is 20.7 Å². The zero-order valence-corrected chi connectivity index (χ0v) is 18.7. The smallest absolute Gasteiger partial charge is 0.240 e. The van der Waals surface area contributed by atoms with Crippen LogP contribution in [0.4, 0.5) is 0 Å². The highest BCUT2D eigenvalue weighted by Crippen LogP contribution is 2.24. The van der Waals surface area contributed by atoms with Gasteiger partial charge in [0.1, 0.15) is 5.75 Å². The van der Waals surface area contributed by atoms with Crippen molar-refractivity contribution >= 4 is 31.9 Å². The SMILES string of the molecule is COc1c(C)cnc(CN(C)C(=O)CCNS(=O)(=O)c2cccc(Br)c2)c1C. The number of amides is 1. The molecule has 0 radical (unpaired) electrons. The number of hydrogen-bond acceptors (Lipinski definition) is 5. The Kier molecular flexibility index (Phi) is 7.56. The van der Waals surface area contributed by atoms with Crippen molar-refractivity contribution in [3.05, 3.63) is 51.8 Å². The van der Waals surface area contributed by atoms with Gasteiger partial charge in [-0.1, -0.05) is 22.0 Å². The maximum absolute atomic E-state index is 12.4. The van der Waals surface area contributed by atoms with Crippen molar-refractivity contribution in [2.24, 2.45) is 0 Å². The van der Waals surface area contributed by atoms with Gasteiger partial charge in [0.05, 0.1) is 24.2 Å². The number of nitrogens with one attached hydrogen (secondary N) is 1. The zero-order valence-electron chi connectivity index (χ0n) is 16.3. The first-order valence-corrected chi connectivity index (χ1v) is 10.9. The van der Waals surface area contributed by atoms with Crippen LogP contribution in [0.1, 0.15) is 23.2 Å². The van der Waals surface area contributed by atoms with Gasteiger partial charge in [-0.05, 0) is 32.0 Å². The topological polar surface area (TPSA) is 88.6 Å². The molecule has 0 saturated carbocycles. The molecule has 2 aromatic rings. The number of carbonyl (C=O) groups is 1. The van der Waals surface area contributed by atoms with Gasteiger partial charge in [0, 0.05) is 41.8 Å². The molecule has 152 valence electrons. The fourth-order valence-electron chi connectivity index (χ4n) is 2.74. The second kappa shape index (κ2) is 9.49. The van der Waals surface area contributed by atoms with E-state index in [1.807, 2.05) is 13.8 Å². The monoisotopic (exact) mass is 469 g/mol. The number of nitrogens with zero attached hydrogens (tertiary/aromatic N) is 2. The molecule has 0 aliphatic heterocycles. The lowest BCUT2D eigenvalue weighted by Crippen LogP contribution is -2.32. The van der Waals surface area contributed by atoms with Gasteiger partial charge in [-0.3, -0.25) is 9.78 Å². The summed E-state index contributed by atoms with van der Waals surface area (Å²) >= 11 is 3.25. The molecule has 2 rings (SSSR count). The second-order valence-corrected chi connectivity index (χ2v) is 9.08. The van der Waals surface area contributed by atoms with Gasteiger partial charge in [0.15, 0.2) is 0 Å². The minimum atomic E-state index is -3.66. The van der Waals surface area contributed by atoms with E-state index < -0.39 is 10.0 Å². The summed E-state index contributed by atoms with van der Waals surface area (Å²) in [5.41, 5.74) is 2.56. The quantitative estimate of drug-likeness (QED) is 0.641. The van der Waals surface area contributed by atoms with Crippen LogP contribution in [0, 0.1) is 13.8 Å². The van der Waals surface area contributed by atoms with Crippen molar-refractivity contribution in [1.29, 1.82) is 0 Å². The lowest BCUT2D eigenvalue weighted by atomic mass is 10.1. The van der Waals surface area contributed by atoms with Gasteiger partial charge < -0.3 is 9.64 Å². The van der Waals surface area contributed by atoms with Crippen molar-refractivity contribution in [3.8, 4) is 5.75 Å². The third-order valence-corrected chi connectivity index (χ3v) is 6.25. The molecule has 0 saturated heterocycles. The largest absolute Gasteiger partial charge is 0.496 e. The van der Waals surface area contributed by atoms with E-state index in [-0.39, 0.29) is 23.8 Å². The van der Waals surface area contributed by atoms with Crippen LogP contribution in [0.3, 0.4) is 0 Å². The summed E-state index contributed by atoms with van der Waals surface area (Å²) in [6.07, 6.45) is 1.76. The van der Waals surface area contributed by atoms with Crippen molar-refractivity contribution in [2.45, 2.75) is 31.7 Å². The molecule has 0 aliphatic rings. The van der Waals surface area contributed by atoms with Crippen molar-refractivity contribution in [1.82, 2.24) is 14.6 Å². The predicted octanol–water partition coefficient (Wildman–Crippen LogP) is 2.80. The molecule has 0 fully saturated rings. The van der Waals surface area contributed by atoms with Crippen LogP contribution in [0.5, 0.6) is 5.75 Å². The first-order valence-electron chi connectivity index (χ1n) is 8.64. The molecule has 1 aromatic carbocycles. The van der Waals surface area contributed by atoms with E-state index in [1.54, 1.807) is 32.5 Å². The van der Waals surface area contributed by atoms with Crippen LogP contribution < -0.4 is 9.46 Å². The minimum Gasteiger partial charge on any atom is -0.496 e. The maximum atomic E-state index is 12.4. The van der Waals surface area contributed by atoms with Crippen LogP contribution in [0.15, 0.2) is 39.8 Å². The fourth-order valence-corrected chi connectivity index (χ4v) is 4.37. The molecule has 0 aliphatic carbocycles. The Morgan fingerprint density at radius 3 is 2.68 bits per heavy atom. The Balaban J connectivity index is 1.95. The van der Waals surface area contributed by atoms with E-state index in [0.717, 1.165) is 22.6 Å². The Labute approximate surface area is 174 Å². The Morgan fingerprint density at radius 2 is 2.04 bits per heavy atom. The van der Waals surface area contributed by atoms with E-state index in [0.29, 0.717) is 11.0 Å². The summed E-state index contributed by atoms with van der Waals surface area (Å²) in [5, 5.41) is 0. The number of methoxy groups -OCH3 is 1. The third-order valence-electron chi connectivity index (χ3n) is 4.30. The zero-order chi connectivity index (χ0) is 20.9. The number of benzene rings is 1. The Morgan fingerprint density at radius 1 is 1.32 bits per heavy atom.